The summed E-state index contributed by atoms with van der Waals surface area (Å²) >= 11 is 0. The van der Waals surface area contributed by atoms with Gasteiger partial charge in [-0.25, -0.2) is 4.98 Å². The lowest BCUT2D eigenvalue weighted by atomic mass is 10.3. The van der Waals surface area contributed by atoms with E-state index >= 15 is 0 Å². The van der Waals surface area contributed by atoms with Crippen molar-refractivity contribution in [3.05, 3.63) is 23.9 Å². The van der Waals surface area contributed by atoms with Crippen LogP contribution in [0.3, 0.4) is 0 Å². The SMILES string of the molecule is N#Cc1ccc(ON)nc1. The molecule has 4 nitrogen and oxygen atoms in total. The number of hydrogen-bond donors (Lipinski definition) is 1. The van der Waals surface area contributed by atoms with Gasteiger partial charge in [-0.3, -0.25) is 0 Å². The van der Waals surface area contributed by atoms with E-state index in [0.717, 1.165) is 0 Å². The Hall–Kier alpha value is -1.60. The van der Waals surface area contributed by atoms with Crippen molar-refractivity contribution in [3.8, 4) is 11.9 Å². The molecule has 1 aromatic heterocycles. The van der Waals surface area contributed by atoms with Crippen LogP contribution in [-0.4, -0.2) is 4.98 Å². The molecule has 0 amide bonds. The van der Waals surface area contributed by atoms with Crippen LogP contribution < -0.4 is 10.7 Å². The molecule has 1 heterocycles. The second kappa shape index (κ2) is 2.80. The molecule has 0 radical (unpaired) electrons. The number of nitrogens with two attached hydrogens (primary N) is 1. The summed E-state index contributed by atoms with van der Waals surface area (Å²) < 4.78 is 0. The van der Waals surface area contributed by atoms with Gasteiger partial charge in [0.1, 0.15) is 6.07 Å². The molecule has 2 N–H and O–H groups in total. The molecule has 0 spiro atoms. The van der Waals surface area contributed by atoms with Crippen LogP contribution >= 0.6 is 0 Å². The normalized spacial score (nSPS) is 8.40. The number of aromatic nitrogens is 1. The van der Waals surface area contributed by atoms with Crippen molar-refractivity contribution in [1.82, 2.24) is 4.98 Å². The minimum Gasteiger partial charge on any atom is -0.391 e. The predicted octanol–water partition coefficient (Wildman–Crippen LogP) is 0.206. The first-order valence-electron chi connectivity index (χ1n) is 2.59. The van der Waals surface area contributed by atoms with Crippen LogP contribution in [0.4, 0.5) is 0 Å². The van der Waals surface area contributed by atoms with Gasteiger partial charge >= 0.3 is 0 Å². The Morgan fingerprint density at radius 3 is 2.80 bits per heavy atom. The highest BCUT2D eigenvalue weighted by molar-refractivity contribution is 5.27. The van der Waals surface area contributed by atoms with Gasteiger partial charge in [0, 0.05) is 12.3 Å². The van der Waals surface area contributed by atoms with E-state index in [2.05, 4.69) is 9.82 Å². The van der Waals surface area contributed by atoms with Crippen LogP contribution in [0.2, 0.25) is 0 Å². The Morgan fingerprint density at radius 1 is 1.60 bits per heavy atom. The zero-order chi connectivity index (χ0) is 7.40. The fraction of sp³-hybridized carbons (Fsp3) is 0. The van der Waals surface area contributed by atoms with Crippen LogP contribution in [0.5, 0.6) is 5.88 Å². The summed E-state index contributed by atoms with van der Waals surface area (Å²) in [6, 6.07) is 5.02. The maximum Gasteiger partial charge on any atom is 0.237 e. The van der Waals surface area contributed by atoms with Crippen LogP contribution in [0.15, 0.2) is 18.3 Å². The Bertz CT molecular complexity index is 249. The van der Waals surface area contributed by atoms with Crippen LogP contribution in [0.25, 0.3) is 0 Å². The molecule has 0 aliphatic heterocycles. The molecule has 4 heteroatoms. The first-order valence-corrected chi connectivity index (χ1v) is 2.59. The fourth-order valence-electron chi connectivity index (χ4n) is 0.516. The lowest BCUT2D eigenvalue weighted by molar-refractivity contribution is 0.321. The standard InChI is InChI=1S/C6H5N3O/c7-3-5-1-2-6(10-8)9-4-5/h1-2,4H,8H2. The van der Waals surface area contributed by atoms with Crippen molar-refractivity contribution in [1.29, 1.82) is 5.26 Å². The first kappa shape index (κ1) is 6.52. The van der Waals surface area contributed by atoms with E-state index in [1.807, 2.05) is 6.07 Å². The van der Waals surface area contributed by atoms with Crippen molar-refractivity contribution < 1.29 is 4.84 Å². The Balaban J connectivity index is 2.93. The summed E-state index contributed by atoms with van der Waals surface area (Å²) in [5, 5.41) is 8.34. The van der Waals surface area contributed by atoms with Crippen molar-refractivity contribution >= 4 is 0 Å². The van der Waals surface area contributed by atoms with E-state index in [9.17, 15) is 0 Å². The summed E-state index contributed by atoms with van der Waals surface area (Å²) in [5.74, 6) is 5.10. The Labute approximate surface area is 57.8 Å². The van der Waals surface area contributed by atoms with Gasteiger partial charge in [0.2, 0.25) is 5.88 Å². The Morgan fingerprint density at radius 2 is 2.40 bits per heavy atom. The van der Waals surface area contributed by atoms with E-state index in [1.54, 1.807) is 6.07 Å². The van der Waals surface area contributed by atoms with Crippen LogP contribution in [0, 0.1) is 11.3 Å². The third kappa shape index (κ3) is 1.21. The molecular weight excluding hydrogens is 130 g/mol. The number of rotatable bonds is 1. The average molecular weight is 135 g/mol. The zero-order valence-electron chi connectivity index (χ0n) is 5.11. The largest absolute Gasteiger partial charge is 0.391 e. The van der Waals surface area contributed by atoms with Crippen LogP contribution in [0.1, 0.15) is 5.56 Å². The topological polar surface area (TPSA) is 71.9 Å². The molecule has 1 rings (SSSR count). The molecule has 0 saturated heterocycles. The van der Waals surface area contributed by atoms with Gasteiger partial charge in [-0.05, 0) is 6.07 Å². The maximum absolute atomic E-state index is 8.34. The lowest BCUT2D eigenvalue weighted by Gasteiger charge is -1.93. The van der Waals surface area contributed by atoms with Crippen molar-refractivity contribution in [2.45, 2.75) is 0 Å². The van der Waals surface area contributed by atoms with Gasteiger partial charge in [0.25, 0.3) is 0 Å². The summed E-state index contributed by atoms with van der Waals surface area (Å²) in [7, 11) is 0. The molecule has 0 bridgehead atoms. The highest BCUT2D eigenvalue weighted by Crippen LogP contribution is 2.03. The first-order chi connectivity index (χ1) is 4.86. The lowest BCUT2D eigenvalue weighted by Crippen LogP contribution is -2.03. The second-order valence-corrected chi connectivity index (χ2v) is 1.61. The van der Waals surface area contributed by atoms with Crippen molar-refractivity contribution in [3.63, 3.8) is 0 Å². The summed E-state index contributed by atoms with van der Waals surface area (Å²) in [5.41, 5.74) is 0.487. The third-order valence-electron chi connectivity index (χ3n) is 0.986. The average Bonchev–Trinajstić information content (AvgIpc) is 2.05. The van der Waals surface area contributed by atoms with Gasteiger partial charge in [0.15, 0.2) is 0 Å². The zero-order valence-corrected chi connectivity index (χ0v) is 5.11. The van der Waals surface area contributed by atoms with Gasteiger partial charge in [-0.2, -0.15) is 11.2 Å². The molecule has 50 valence electrons. The molecule has 0 aromatic carbocycles. The van der Waals surface area contributed by atoms with Crippen LogP contribution in [-0.2, 0) is 0 Å². The van der Waals surface area contributed by atoms with E-state index < -0.39 is 0 Å². The summed E-state index contributed by atoms with van der Waals surface area (Å²) in [6.45, 7) is 0. The molecule has 0 fully saturated rings. The highest BCUT2D eigenvalue weighted by Gasteiger charge is 1.91. The van der Waals surface area contributed by atoms with Crippen molar-refractivity contribution in [2.24, 2.45) is 5.90 Å². The molecule has 0 atom stereocenters. The molecular formula is C6H5N3O. The van der Waals surface area contributed by atoms with Gasteiger partial charge < -0.3 is 4.84 Å². The number of hydrogen-bond acceptors (Lipinski definition) is 4. The van der Waals surface area contributed by atoms with E-state index in [4.69, 9.17) is 11.2 Å². The predicted molar refractivity (Wildman–Crippen MR) is 33.8 cm³/mol. The van der Waals surface area contributed by atoms with E-state index in [1.165, 1.54) is 12.3 Å². The fourth-order valence-corrected chi connectivity index (χ4v) is 0.516. The molecule has 0 aliphatic carbocycles. The molecule has 10 heavy (non-hydrogen) atoms. The highest BCUT2D eigenvalue weighted by atomic mass is 16.6. The number of nitriles is 1. The van der Waals surface area contributed by atoms with E-state index in [-0.39, 0.29) is 0 Å². The molecule has 0 unspecified atom stereocenters. The molecule has 1 aromatic rings. The van der Waals surface area contributed by atoms with E-state index in [0.29, 0.717) is 11.4 Å². The van der Waals surface area contributed by atoms with Crippen molar-refractivity contribution in [2.75, 3.05) is 0 Å². The molecule has 0 saturated carbocycles. The smallest absolute Gasteiger partial charge is 0.237 e. The summed E-state index contributed by atoms with van der Waals surface area (Å²) in [4.78, 5) is 7.99. The van der Waals surface area contributed by atoms with Gasteiger partial charge in [-0.15, -0.1) is 0 Å². The molecule has 0 aliphatic rings. The second-order valence-electron chi connectivity index (χ2n) is 1.61. The van der Waals surface area contributed by atoms with Gasteiger partial charge in [0.05, 0.1) is 5.56 Å². The minimum atomic E-state index is 0.305. The summed E-state index contributed by atoms with van der Waals surface area (Å²) in [6.07, 6.45) is 1.39. The number of pyridine rings is 1. The minimum absolute atomic E-state index is 0.305. The maximum atomic E-state index is 8.34. The Kier molecular flexibility index (Phi) is 1.83. The van der Waals surface area contributed by atoms with Gasteiger partial charge in [-0.1, -0.05) is 0 Å². The number of nitrogens with zero attached hydrogens (tertiary/aromatic N) is 2. The quantitative estimate of drug-likeness (QED) is 0.558. The third-order valence-corrected chi connectivity index (χ3v) is 0.986. The monoisotopic (exact) mass is 135 g/mol.